The lowest BCUT2D eigenvalue weighted by Crippen LogP contribution is -2.38. The van der Waals surface area contributed by atoms with Gasteiger partial charge in [-0.25, -0.2) is 4.98 Å². The zero-order valence-electron chi connectivity index (χ0n) is 20.4. The van der Waals surface area contributed by atoms with Crippen LogP contribution in [0.4, 0.5) is 0 Å². The Bertz CT molecular complexity index is 1580. The molecule has 4 heterocycles. The number of carbonyl (C=O) groups is 2. The Morgan fingerprint density at radius 3 is 2.62 bits per heavy atom. The largest absolute Gasteiger partial charge is 0.348 e. The molecule has 1 fully saturated rings. The molecule has 2 amide bonds. The molecule has 37 heavy (non-hydrogen) atoms. The first-order valence-electron chi connectivity index (χ1n) is 12.6. The number of benzene rings is 2. The molecular formula is C30H27N5O2. The summed E-state index contributed by atoms with van der Waals surface area (Å²) in [5, 5.41) is 4.92. The molecule has 0 radical (unpaired) electrons. The predicted molar refractivity (Wildman–Crippen MR) is 142 cm³/mol. The SMILES string of the molecule is O=C(NCc1ccn2ccnc2c1)c1ccc(C2CCN(C(=O)c3cccc4ccncc34)CC2)cc1. The second-order valence-corrected chi connectivity index (χ2v) is 9.50. The lowest BCUT2D eigenvalue weighted by molar-refractivity contribution is 0.0714. The molecule has 0 saturated carbocycles. The number of hydrogen-bond acceptors (Lipinski definition) is 4. The zero-order chi connectivity index (χ0) is 25.2. The standard InChI is InChI=1S/C30H27N5O2/c36-29(33-19-21-9-14-34-17-13-32-28(34)18-21)25-6-4-22(5-7-25)23-10-15-35(16-11-23)30(37)26-3-1-2-24-8-12-31-20-27(24)26/h1-9,12-14,17-18,20,23H,10-11,15-16,19H2,(H,33,36). The van der Waals surface area contributed by atoms with Crippen LogP contribution in [-0.4, -0.2) is 44.2 Å². The highest BCUT2D eigenvalue weighted by Gasteiger charge is 2.25. The molecule has 2 aromatic carbocycles. The predicted octanol–water partition coefficient (Wildman–Crippen LogP) is 4.83. The Hall–Kier alpha value is -4.52. The Balaban J connectivity index is 1.05. The molecular weight excluding hydrogens is 462 g/mol. The quantitative estimate of drug-likeness (QED) is 0.383. The van der Waals surface area contributed by atoms with E-state index in [-0.39, 0.29) is 11.8 Å². The number of piperidine rings is 1. The number of nitrogens with one attached hydrogen (secondary N) is 1. The van der Waals surface area contributed by atoms with Crippen LogP contribution in [0.2, 0.25) is 0 Å². The van der Waals surface area contributed by atoms with Crippen LogP contribution in [0.3, 0.4) is 0 Å². The maximum absolute atomic E-state index is 13.2. The summed E-state index contributed by atoms with van der Waals surface area (Å²) in [6.07, 6.45) is 10.9. The van der Waals surface area contributed by atoms with E-state index >= 15 is 0 Å². The first-order chi connectivity index (χ1) is 18.2. The van der Waals surface area contributed by atoms with Gasteiger partial charge in [-0.05, 0) is 71.7 Å². The van der Waals surface area contributed by atoms with Gasteiger partial charge >= 0.3 is 0 Å². The molecule has 184 valence electrons. The minimum absolute atomic E-state index is 0.0657. The van der Waals surface area contributed by atoms with Crippen LogP contribution < -0.4 is 5.32 Å². The summed E-state index contributed by atoms with van der Waals surface area (Å²) in [4.78, 5) is 36.4. The van der Waals surface area contributed by atoms with Crippen LogP contribution >= 0.6 is 0 Å². The molecule has 0 spiro atoms. The molecule has 1 saturated heterocycles. The van der Waals surface area contributed by atoms with E-state index in [0.717, 1.165) is 34.8 Å². The van der Waals surface area contributed by atoms with Crippen molar-refractivity contribution >= 4 is 28.2 Å². The normalized spacial score (nSPS) is 14.2. The third-order valence-corrected chi connectivity index (χ3v) is 7.26. The summed E-state index contributed by atoms with van der Waals surface area (Å²) in [6, 6.07) is 19.6. The van der Waals surface area contributed by atoms with Crippen molar-refractivity contribution in [1.29, 1.82) is 0 Å². The van der Waals surface area contributed by atoms with Crippen molar-refractivity contribution in [1.82, 2.24) is 24.6 Å². The van der Waals surface area contributed by atoms with E-state index in [1.54, 1.807) is 18.6 Å². The molecule has 0 atom stereocenters. The minimum Gasteiger partial charge on any atom is -0.348 e. The van der Waals surface area contributed by atoms with Crippen molar-refractivity contribution in [2.75, 3.05) is 13.1 Å². The van der Waals surface area contributed by atoms with Crippen molar-refractivity contribution in [2.24, 2.45) is 0 Å². The maximum atomic E-state index is 13.2. The van der Waals surface area contributed by atoms with Gasteiger partial charge in [-0.3, -0.25) is 14.6 Å². The van der Waals surface area contributed by atoms with Crippen molar-refractivity contribution in [2.45, 2.75) is 25.3 Å². The van der Waals surface area contributed by atoms with Gasteiger partial charge in [-0.1, -0.05) is 24.3 Å². The second kappa shape index (κ2) is 9.85. The molecule has 0 unspecified atom stereocenters. The number of fused-ring (bicyclic) bond motifs is 2. The fourth-order valence-corrected chi connectivity index (χ4v) is 5.14. The van der Waals surface area contributed by atoms with E-state index in [2.05, 4.69) is 15.3 Å². The van der Waals surface area contributed by atoms with E-state index in [1.807, 2.05) is 82.4 Å². The fraction of sp³-hybridized carbons (Fsp3) is 0.200. The summed E-state index contributed by atoms with van der Waals surface area (Å²) in [5.41, 5.74) is 4.43. The number of hydrogen-bond donors (Lipinski definition) is 1. The molecule has 7 nitrogen and oxygen atoms in total. The monoisotopic (exact) mass is 489 g/mol. The number of pyridine rings is 2. The lowest BCUT2D eigenvalue weighted by Gasteiger charge is -2.32. The number of aromatic nitrogens is 3. The Morgan fingerprint density at radius 1 is 0.946 bits per heavy atom. The van der Waals surface area contributed by atoms with Crippen LogP contribution in [0.5, 0.6) is 0 Å². The molecule has 1 aliphatic heterocycles. The number of amides is 2. The van der Waals surface area contributed by atoms with E-state index in [9.17, 15) is 9.59 Å². The van der Waals surface area contributed by atoms with Gasteiger partial charge in [-0.2, -0.15) is 0 Å². The average Bonchev–Trinajstić information content (AvgIpc) is 3.43. The number of carbonyl (C=O) groups excluding carboxylic acids is 2. The zero-order valence-corrected chi connectivity index (χ0v) is 20.4. The lowest BCUT2D eigenvalue weighted by atomic mass is 9.88. The van der Waals surface area contributed by atoms with Gasteiger partial charge in [0.25, 0.3) is 11.8 Å². The molecule has 1 N–H and O–H groups in total. The van der Waals surface area contributed by atoms with Gasteiger partial charge in [0.15, 0.2) is 0 Å². The van der Waals surface area contributed by atoms with Gasteiger partial charge in [0.05, 0.1) is 0 Å². The fourth-order valence-electron chi connectivity index (χ4n) is 5.14. The van der Waals surface area contributed by atoms with E-state index in [0.29, 0.717) is 36.7 Å². The summed E-state index contributed by atoms with van der Waals surface area (Å²) < 4.78 is 1.94. The third kappa shape index (κ3) is 4.68. The molecule has 7 heteroatoms. The number of likely N-dealkylation sites (tertiary alicyclic amines) is 1. The first-order valence-corrected chi connectivity index (χ1v) is 12.6. The molecule has 3 aromatic heterocycles. The Morgan fingerprint density at radius 2 is 1.78 bits per heavy atom. The third-order valence-electron chi connectivity index (χ3n) is 7.26. The van der Waals surface area contributed by atoms with Crippen molar-refractivity contribution in [3.8, 4) is 0 Å². The number of imidazole rings is 1. The first kappa shape index (κ1) is 22.9. The van der Waals surface area contributed by atoms with Crippen LogP contribution in [-0.2, 0) is 6.54 Å². The van der Waals surface area contributed by atoms with Gasteiger partial charge in [0.2, 0.25) is 0 Å². The van der Waals surface area contributed by atoms with E-state index in [4.69, 9.17) is 0 Å². The summed E-state index contributed by atoms with van der Waals surface area (Å²) in [6.45, 7) is 1.87. The minimum atomic E-state index is -0.0974. The van der Waals surface area contributed by atoms with Crippen LogP contribution in [0.15, 0.2) is 91.6 Å². The highest BCUT2D eigenvalue weighted by Crippen LogP contribution is 2.30. The van der Waals surface area contributed by atoms with Crippen molar-refractivity contribution in [3.63, 3.8) is 0 Å². The maximum Gasteiger partial charge on any atom is 0.254 e. The van der Waals surface area contributed by atoms with Crippen molar-refractivity contribution < 1.29 is 9.59 Å². The molecule has 0 bridgehead atoms. The van der Waals surface area contributed by atoms with Gasteiger partial charge < -0.3 is 14.6 Å². The van der Waals surface area contributed by atoms with Gasteiger partial charge in [0, 0.05) is 67.1 Å². The highest BCUT2D eigenvalue weighted by atomic mass is 16.2. The summed E-state index contributed by atoms with van der Waals surface area (Å²) in [7, 11) is 0. The smallest absolute Gasteiger partial charge is 0.254 e. The second-order valence-electron chi connectivity index (χ2n) is 9.50. The Kier molecular flexibility index (Phi) is 6.10. The summed E-state index contributed by atoms with van der Waals surface area (Å²) >= 11 is 0. The number of nitrogens with zero attached hydrogens (tertiary/aromatic N) is 4. The van der Waals surface area contributed by atoms with Crippen molar-refractivity contribution in [3.05, 3.63) is 114 Å². The van der Waals surface area contributed by atoms with Crippen LogP contribution in [0.25, 0.3) is 16.4 Å². The van der Waals surface area contributed by atoms with E-state index < -0.39 is 0 Å². The van der Waals surface area contributed by atoms with Gasteiger partial charge in [0.1, 0.15) is 5.65 Å². The topological polar surface area (TPSA) is 79.6 Å². The average molecular weight is 490 g/mol. The highest BCUT2D eigenvalue weighted by molar-refractivity contribution is 6.06. The molecule has 0 aliphatic carbocycles. The molecule has 1 aliphatic rings. The Labute approximate surface area is 214 Å². The van der Waals surface area contributed by atoms with Gasteiger partial charge in [-0.15, -0.1) is 0 Å². The van der Waals surface area contributed by atoms with Crippen LogP contribution in [0, 0.1) is 0 Å². The molecule has 6 rings (SSSR count). The van der Waals surface area contributed by atoms with Crippen LogP contribution in [0.1, 0.15) is 50.6 Å². The van der Waals surface area contributed by atoms with E-state index in [1.165, 1.54) is 5.56 Å². The molecule has 5 aromatic rings. The number of rotatable bonds is 5. The summed E-state index contributed by atoms with van der Waals surface area (Å²) in [5.74, 6) is 0.340.